The van der Waals surface area contributed by atoms with Crippen molar-refractivity contribution in [2.75, 3.05) is 26.2 Å². The number of piperidine rings is 1. The van der Waals surface area contributed by atoms with Gasteiger partial charge < -0.3 is 24.6 Å². The lowest BCUT2D eigenvalue weighted by Gasteiger charge is -2.34. The van der Waals surface area contributed by atoms with Gasteiger partial charge in [-0.25, -0.2) is 9.59 Å². The zero-order valence-corrected chi connectivity index (χ0v) is 14.7. The quantitative estimate of drug-likeness (QED) is 0.813. The minimum atomic E-state index is -1.15. The van der Waals surface area contributed by atoms with Gasteiger partial charge in [0.25, 0.3) is 0 Å². The van der Waals surface area contributed by atoms with Crippen molar-refractivity contribution >= 4 is 17.9 Å². The lowest BCUT2D eigenvalue weighted by Crippen LogP contribution is -2.49. The summed E-state index contributed by atoms with van der Waals surface area (Å²) in [6, 6.07) is 2.60. The molecule has 2 N–H and O–H groups in total. The Labute approximate surface area is 146 Å². The smallest absolute Gasteiger partial charge is 0.371 e. The third-order valence-corrected chi connectivity index (χ3v) is 4.42. The van der Waals surface area contributed by atoms with Gasteiger partial charge in [0.05, 0.1) is 12.5 Å². The summed E-state index contributed by atoms with van der Waals surface area (Å²) in [5, 5.41) is 11.5. The Kier molecular flexibility index (Phi) is 6.44. The predicted octanol–water partition coefficient (Wildman–Crippen LogP) is 1.77. The van der Waals surface area contributed by atoms with Crippen LogP contribution in [0.15, 0.2) is 16.5 Å². The van der Waals surface area contributed by atoms with Crippen LogP contribution < -0.4 is 5.32 Å². The SMILES string of the molecule is CCN(CC)C(=O)[C@H]1CCCN(C(=O)NCc2ccc(C(=O)O)o2)C1. The highest BCUT2D eigenvalue weighted by Crippen LogP contribution is 2.19. The van der Waals surface area contributed by atoms with E-state index >= 15 is 0 Å². The van der Waals surface area contributed by atoms with Crippen molar-refractivity contribution in [3.05, 3.63) is 23.7 Å². The molecule has 1 aliphatic heterocycles. The molecule has 0 bridgehead atoms. The van der Waals surface area contributed by atoms with Gasteiger partial charge in [-0.1, -0.05) is 0 Å². The van der Waals surface area contributed by atoms with E-state index in [1.807, 2.05) is 13.8 Å². The number of furan rings is 1. The van der Waals surface area contributed by atoms with Gasteiger partial charge in [-0.3, -0.25) is 4.79 Å². The third kappa shape index (κ3) is 4.74. The topological polar surface area (TPSA) is 103 Å². The summed E-state index contributed by atoms with van der Waals surface area (Å²) in [5.74, 6) is -1.00. The fraction of sp³-hybridized carbons (Fsp3) is 0.588. The number of carboxylic acid groups (broad SMARTS) is 1. The zero-order valence-electron chi connectivity index (χ0n) is 14.7. The first-order valence-corrected chi connectivity index (χ1v) is 8.59. The molecule has 0 saturated carbocycles. The molecular weight excluding hydrogens is 326 g/mol. The van der Waals surface area contributed by atoms with Crippen LogP contribution in [0.2, 0.25) is 0 Å². The number of likely N-dealkylation sites (tertiary alicyclic amines) is 1. The van der Waals surface area contributed by atoms with Crippen LogP contribution in [0.3, 0.4) is 0 Å². The van der Waals surface area contributed by atoms with E-state index in [0.717, 1.165) is 12.8 Å². The average molecular weight is 351 g/mol. The van der Waals surface area contributed by atoms with E-state index in [1.165, 1.54) is 12.1 Å². The van der Waals surface area contributed by atoms with E-state index < -0.39 is 5.97 Å². The highest BCUT2D eigenvalue weighted by Gasteiger charge is 2.30. The van der Waals surface area contributed by atoms with Gasteiger partial charge in [-0.2, -0.15) is 0 Å². The molecule has 0 aromatic carbocycles. The number of nitrogens with zero attached hydrogens (tertiary/aromatic N) is 2. The second kappa shape index (κ2) is 8.55. The highest BCUT2D eigenvalue weighted by atomic mass is 16.4. The summed E-state index contributed by atoms with van der Waals surface area (Å²) >= 11 is 0. The average Bonchev–Trinajstić information content (AvgIpc) is 3.10. The molecule has 3 amide bonds. The Hall–Kier alpha value is -2.51. The molecule has 1 saturated heterocycles. The first kappa shape index (κ1) is 18.8. The van der Waals surface area contributed by atoms with Crippen molar-refractivity contribution in [2.45, 2.75) is 33.2 Å². The molecule has 1 aliphatic rings. The number of nitrogens with one attached hydrogen (secondary N) is 1. The molecule has 8 nitrogen and oxygen atoms in total. The van der Waals surface area contributed by atoms with Crippen molar-refractivity contribution in [1.82, 2.24) is 15.1 Å². The summed E-state index contributed by atoms with van der Waals surface area (Å²) in [5.41, 5.74) is 0. The molecule has 1 aromatic rings. The summed E-state index contributed by atoms with van der Waals surface area (Å²) < 4.78 is 5.11. The molecule has 0 spiro atoms. The summed E-state index contributed by atoms with van der Waals surface area (Å²) in [7, 11) is 0. The molecule has 1 atom stereocenters. The Morgan fingerprint density at radius 3 is 2.64 bits per heavy atom. The van der Waals surface area contributed by atoms with Crippen molar-refractivity contribution in [3.63, 3.8) is 0 Å². The second-order valence-corrected chi connectivity index (χ2v) is 6.03. The fourth-order valence-corrected chi connectivity index (χ4v) is 3.02. The first-order chi connectivity index (χ1) is 12.0. The van der Waals surface area contributed by atoms with E-state index in [2.05, 4.69) is 5.32 Å². The van der Waals surface area contributed by atoms with Gasteiger partial charge in [0.1, 0.15) is 5.76 Å². The van der Waals surface area contributed by atoms with Crippen molar-refractivity contribution < 1.29 is 23.9 Å². The summed E-state index contributed by atoms with van der Waals surface area (Å²) in [6.07, 6.45) is 1.58. The number of rotatable bonds is 6. The standard InChI is InChI=1S/C17H25N3O5/c1-3-19(4-2)15(21)12-6-5-9-20(11-12)17(24)18-10-13-7-8-14(25-13)16(22)23/h7-8,12H,3-6,9-11H2,1-2H3,(H,18,24)(H,22,23)/t12-/m0/s1. The van der Waals surface area contributed by atoms with E-state index in [0.29, 0.717) is 31.9 Å². The van der Waals surface area contributed by atoms with Crippen molar-refractivity contribution in [2.24, 2.45) is 5.92 Å². The van der Waals surface area contributed by atoms with Crippen LogP contribution in [0.5, 0.6) is 0 Å². The number of carboxylic acids is 1. The number of carbonyl (C=O) groups is 3. The number of hydrogen-bond donors (Lipinski definition) is 2. The van der Waals surface area contributed by atoms with E-state index in [1.54, 1.807) is 9.80 Å². The van der Waals surface area contributed by atoms with Crippen LogP contribution in [0, 0.1) is 5.92 Å². The zero-order chi connectivity index (χ0) is 18.4. The summed E-state index contributed by atoms with van der Waals surface area (Å²) in [6.45, 7) is 6.35. The normalized spacial score (nSPS) is 17.2. The van der Waals surface area contributed by atoms with Gasteiger partial charge in [0.2, 0.25) is 11.7 Å². The predicted molar refractivity (Wildman–Crippen MR) is 90.1 cm³/mol. The van der Waals surface area contributed by atoms with Crippen molar-refractivity contribution in [1.29, 1.82) is 0 Å². The first-order valence-electron chi connectivity index (χ1n) is 8.59. The van der Waals surface area contributed by atoms with E-state index in [4.69, 9.17) is 9.52 Å². The third-order valence-electron chi connectivity index (χ3n) is 4.42. The highest BCUT2D eigenvalue weighted by molar-refractivity contribution is 5.84. The van der Waals surface area contributed by atoms with Gasteiger partial charge in [0, 0.05) is 26.2 Å². The molecule has 1 aromatic heterocycles. The Morgan fingerprint density at radius 1 is 1.32 bits per heavy atom. The maximum absolute atomic E-state index is 12.5. The van der Waals surface area contributed by atoms with Crippen LogP contribution in [-0.4, -0.2) is 59.0 Å². The van der Waals surface area contributed by atoms with Gasteiger partial charge in [0.15, 0.2) is 0 Å². The molecule has 138 valence electrons. The van der Waals surface area contributed by atoms with Crippen LogP contribution >= 0.6 is 0 Å². The van der Waals surface area contributed by atoms with Crippen LogP contribution in [-0.2, 0) is 11.3 Å². The minimum absolute atomic E-state index is 0.0969. The number of hydrogen-bond acceptors (Lipinski definition) is 4. The number of carbonyl (C=O) groups excluding carboxylic acids is 2. The van der Waals surface area contributed by atoms with Gasteiger partial charge in [-0.05, 0) is 38.8 Å². The van der Waals surface area contributed by atoms with Gasteiger partial charge in [-0.15, -0.1) is 0 Å². The molecule has 0 unspecified atom stereocenters. The van der Waals surface area contributed by atoms with Crippen molar-refractivity contribution in [3.8, 4) is 0 Å². The molecule has 0 radical (unpaired) electrons. The number of aromatic carboxylic acids is 1. The maximum Gasteiger partial charge on any atom is 0.371 e. The number of amides is 3. The molecular formula is C17H25N3O5. The molecule has 1 fully saturated rings. The Bertz CT molecular complexity index is 624. The van der Waals surface area contributed by atoms with Crippen LogP contribution in [0.1, 0.15) is 43.0 Å². The largest absolute Gasteiger partial charge is 0.475 e. The van der Waals surface area contributed by atoms with E-state index in [-0.39, 0.29) is 30.2 Å². The second-order valence-electron chi connectivity index (χ2n) is 6.03. The van der Waals surface area contributed by atoms with Crippen LogP contribution in [0.4, 0.5) is 4.79 Å². The fourth-order valence-electron chi connectivity index (χ4n) is 3.02. The maximum atomic E-state index is 12.5. The molecule has 0 aliphatic carbocycles. The summed E-state index contributed by atoms with van der Waals surface area (Å²) in [4.78, 5) is 39.0. The molecule has 8 heteroatoms. The van der Waals surface area contributed by atoms with Gasteiger partial charge >= 0.3 is 12.0 Å². The van der Waals surface area contributed by atoms with E-state index in [9.17, 15) is 14.4 Å². The molecule has 2 heterocycles. The Balaban J connectivity index is 1.88. The Morgan fingerprint density at radius 2 is 2.04 bits per heavy atom. The van der Waals surface area contributed by atoms with Crippen LogP contribution in [0.25, 0.3) is 0 Å². The minimum Gasteiger partial charge on any atom is -0.475 e. The monoisotopic (exact) mass is 351 g/mol. The molecule has 2 rings (SSSR count). The molecule has 25 heavy (non-hydrogen) atoms. The number of urea groups is 1. The lowest BCUT2D eigenvalue weighted by molar-refractivity contribution is -0.136. The lowest BCUT2D eigenvalue weighted by atomic mass is 9.96.